The number of nitrogens with zero attached hydrogens (tertiary/aromatic N) is 5. The third kappa shape index (κ3) is 3.04. The Morgan fingerprint density at radius 3 is 2.54 bits per heavy atom. The molecule has 9 heteroatoms. The molecule has 0 aromatic carbocycles. The molecule has 26 heavy (non-hydrogen) atoms. The Morgan fingerprint density at radius 2 is 1.81 bits per heavy atom. The zero-order valence-electron chi connectivity index (χ0n) is 14.0. The molecule has 1 fully saturated rings. The van der Waals surface area contributed by atoms with Gasteiger partial charge in [0.05, 0.1) is 11.9 Å². The molecule has 0 spiro atoms. The first-order chi connectivity index (χ1) is 12.6. The second kappa shape index (κ2) is 6.60. The van der Waals surface area contributed by atoms with E-state index in [9.17, 15) is 15.0 Å². The average molecular weight is 357 g/mol. The van der Waals surface area contributed by atoms with E-state index in [1.165, 1.54) is 12.1 Å². The van der Waals surface area contributed by atoms with Crippen LogP contribution in [0.25, 0.3) is 5.65 Å². The highest BCUT2D eigenvalue weighted by molar-refractivity contribution is 5.68. The zero-order valence-corrected chi connectivity index (χ0v) is 14.0. The van der Waals surface area contributed by atoms with Crippen molar-refractivity contribution < 1.29 is 19.8 Å². The molecule has 0 radical (unpaired) electrons. The monoisotopic (exact) mass is 357 g/mol. The minimum atomic E-state index is -0.610. The third-order valence-electron chi connectivity index (χ3n) is 4.48. The highest BCUT2D eigenvalue weighted by Crippen LogP contribution is 2.19. The number of pyridine rings is 1. The number of aromatic nitrogens is 3. The van der Waals surface area contributed by atoms with E-state index in [2.05, 4.69) is 14.3 Å². The van der Waals surface area contributed by atoms with Crippen molar-refractivity contribution in [3.05, 3.63) is 48.4 Å². The summed E-state index contributed by atoms with van der Waals surface area (Å²) in [7, 11) is 0. The number of rotatable bonds is 3. The van der Waals surface area contributed by atoms with Crippen molar-refractivity contribution >= 4 is 11.7 Å². The van der Waals surface area contributed by atoms with Crippen molar-refractivity contribution in [2.75, 3.05) is 26.2 Å². The summed E-state index contributed by atoms with van der Waals surface area (Å²) in [6.07, 6.45) is 3.25. The number of amides is 1. The van der Waals surface area contributed by atoms with E-state index in [-0.39, 0.29) is 11.8 Å². The number of hydrogen-bond acceptors (Lipinski definition) is 6. The number of hydrogen-bond donors (Lipinski definition) is 2. The lowest BCUT2D eigenvalue weighted by Crippen LogP contribution is -2.50. The van der Waals surface area contributed by atoms with Crippen molar-refractivity contribution in [3.8, 4) is 11.8 Å². The molecule has 3 aromatic rings. The summed E-state index contributed by atoms with van der Waals surface area (Å²) in [6.45, 7) is 3.13. The fourth-order valence-electron chi connectivity index (χ4n) is 3.05. The molecule has 1 aliphatic heterocycles. The van der Waals surface area contributed by atoms with E-state index in [0.29, 0.717) is 30.9 Å². The van der Waals surface area contributed by atoms with E-state index in [1.54, 1.807) is 4.90 Å². The summed E-state index contributed by atoms with van der Waals surface area (Å²) in [4.78, 5) is 25.4. The lowest BCUT2D eigenvalue weighted by molar-refractivity contribution is 0.0553. The molecule has 0 saturated carbocycles. The van der Waals surface area contributed by atoms with Crippen molar-refractivity contribution in [1.29, 1.82) is 0 Å². The molecule has 136 valence electrons. The largest absolute Gasteiger partial charge is 0.492 e. The number of carbonyl (C=O) groups excluding carboxylic acids is 1. The maximum atomic E-state index is 12.2. The Kier molecular flexibility index (Phi) is 4.13. The quantitative estimate of drug-likeness (QED) is 0.724. The van der Waals surface area contributed by atoms with Crippen LogP contribution in [0, 0.1) is 0 Å². The lowest BCUT2D eigenvalue weighted by atomic mass is 10.3. The van der Waals surface area contributed by atoms with Crippen LogP contribution < -0.4 is 4.84 Å². The van der Waals surface area contributed by atoms with Gasteiger partial charge in [0.1, 0.15) is 5.65 Å². The third-order valence-corrected chi connectivity index (χ3v) is 4.48. The molecular weight excluding hydrogens is 338 g/mol. The summed E-state index contributed by atoms with van der Waals surface area (Å²) >= 11 is 0. The minimum Gasteiger partial charge on any atom is -0.492 e. The summed E-state index contributed by atoms with van der Waals surface area (Å²) in [5.74, 6) is -0.663. The first-order valence-corrected chi connectivity index (χ1v) is 8.32. The highest BCUT2D eigenvalue weighted by Gasteiger charge is 2.24. The van der Waals surface area contributed by atoms with Crippen LogP contribution in [0.3, 0.4) is 0 Å². The van der Waals surface area contributed by atoms with Gasteiger partial charge in [-0.2, -0.15) is 0 Å². The average Bonchev–Trinajstić information content (AvgIpc) is 3.21. The first-order valence-electron chi connectivity index (χ1n) is 8.32. The van der Waals surface area contributed by atoms with Gasteiger partial charge in [-0.05, 0) is 12.1 Å². The first kappa shape index (κ1) is 16.3. The molecule has 0 bridgehead atoms. The molecule has 3 aromatic heterocycles. The highest BCUT2D eigenvalue weighted by atomic mass is 16.7. The van der Waals surface area contributed by atoms with Crippen molar-refractivity contribution in [1.82, 2.24) is 23.9 Å². The van der Waals surface area contributed by atoms with E-state index >= 15 is 0 Å². The standard InChI is InChI=1S/C17H19N5O4/c23-15-4-5-16(24)22(15)26-17(25)20-9-7-19(8-10-20)12-13-11-18-14-3-1-2-6-21(13)14/h1-6,11,23-24H,7-10,12H2. The second-order valence-corrected chi connectivity index (χ2v) is 6.14. The van der Waals surface area contributed by atoms with Gasteiger partial charge < -0.3 is 24.4 Å². The van der Waals surface area contributed by atoms with Crippen LogP contribution in [0.15, 0.2) is 42.7 Å². The summed E-state index contributed by atoms with van der Waals surface area (Å²) in [5.41, 5.74) is 2.01. The van der Waals surface area contributed by atoms with Gasteiger partial charge in [-0.15, -0.1) is 4.73 Å². The molecule has 4 rings (SSSR count). The number of carbonyl (C=O) groups is 1. The molecule has 4 heterocycles. The van der Waals surface area contributed by atoms with Gasteiger partial charge in [0.15, 0.2) is 0 Å². The fourth-order valence-corrected chi connectivity index (χ4v) is 3.05. The van der Waals surface area contributed by atoms with Gasteiger partial charge in [0.25, 0.3) is 0 Å². The van der Waals surface area contributed by atoms with Crippen LogP contribution in [-0.2, 0) is 6.54 Å². The Hall–Kier alpha value is -3.20. The van der Waals surface area contributed by atoms with E-state index in [0.717, 1.165) is 17.9 Å². The zero-order chi connectivity index (χ0) is 18.1. The van der Waals surface area contributed by atoms with Gasteiger partial charge in [0, 0.05) is 51.1 Å². The summed E-state index contributed by atoms with van der Waals surface area (Å²) in [6, 6.07) is 8.38. The van der Waals surface area contributed by atoms with Gasteiger partial charge in [-0.25, -0.2) is 9.78 Å². The SMILES string of the molecule is O=C(On1c(O)ccc1O)N1CCN(Cc2cnc3ccccn23)CC1. The molecule has 0 aliphatic carbocycles. The number of aromatic hydroxyl groups is 2. The van der Waals surface area contributed by atoms with Gasteiger partial charge in [0.2, 0.25) is 11.8 Å². The molecule has 1 aliphatic rings. The summed E-state index contributed by atoms with van der Waals surface area (Å²) in [5, 5.41) is 19.1. The van der Waals surface area contributed by atoms with Gasteiger partial charge >= 0.3 is 6.09 Å². The minimum absolute atomic E-state index is 0.331. The van der Waals surface area contributed by atoms with Crippen LogP contribution in [-0.4, -0.2) is 66.4 Å². The fraction of sp³-hybridized carbons (Fsp3) is 0.294. The van der Waals surface area contributed by atoms with Gasteiger partial charge in [-0.3, -0.25) is 4.90 Å². The van der Waals surface area contributed by atoms with Gasteiger partial charge in [-0.1, -0.05) is 6.07 Å². The smallest absolute Gasteiger partial charge is 0.434 e. The van der Waals surface area contributed by atoms with Crippen LogP contribution in [0.4, 0.5) is 4.79 Å². The molecule has 0 unspecified atom stereocenters. The maximum Gasteiger partial charge on any atom is 0.434 e. The van der Waals surface area contributed by atoms with Crippen molar-refractivity contribution in [3.63, 3.8) is 0 Å². The molecule has 2 N–H and O–H groups in total. The molecule has 0 atom stereocenters. The number of piperazine rings is 1. The maximum absolute atomic E-state index is 12.2. The van der Waals surface area contributed by atoms with Crippen molar-refractivity contribution in [2.24, 2.45) is 0 Å². The van der Waals surface area contributed by atoms with E-state index in [4.69, 9.17) is 4.84 Å². The van der Waals surface area contributed by atoms with Crippen molar-refractivity contribution in [2.45, 2.75) is 6.54 Å². The van der Waals surface area contributed by atoms with E-state index in [1.807, 2.05) is 30.6 Å². The van der Waals surface area contributed by atoms with Crippen LogP contribution >= 0.6 is 0 Å². The second-order valence-electron chi connectivity index (χ2n) is 6.14. The Bertz CT molecular complexity index is 907. The number of imidazole rings is 1. The number of fused-ring (bicyclic) bond motifs is 1. The molecule has 1 saturated heterocycles. The predicted molar refractivity (Wildman–Crippen MR) is 91.8 cm³/mol. The Balaban J connectivity index is 1.34. The molecular formula is C17H19N5O4. The van der Waals surface area contributed by atoms with Crippen LogP contribution in [0.5, 0.6) is 11.8 Å². The van der Waals surface area contributed by atoms with E-state index < -0.39 is 6.09 Å². The van der Waals surface area contributed by atoms with Crippen LogP contribution in [0.2, 0.25) is 0 Å². The molecule has 9 nitrogen and oxygen atoms in total. The summed E-state index contributed by atoms with van der Waals surface area (Å²) < 4.78 is 2.76. The Morgan fingerprint density at radius 1 is 1.08 bits per heavy atom. The lowest BCUT2D eigenvalue weighted by Gasteiger charge is -2.33. The Labute approximate surface area is 149 Å². The normalized spacial score (nSPS) is 15.5. The van der Waals surface area contributed by atoms with Crippen LogP contribution in [0.1, 0.15) is 5.69 Å². The topological polar surface area (TPSA) is 95.5 Å². The predicted octanol–water partition coefficient (Wildman–Crippen LogP) is 0.913. The molecule has 1 amide bonds.